The van der Waals surface area contributed by atoms with Crippen LogP contribution in [0.1, 0.15) is 5.01 Å². The van der Waals surface area contributed by atoms with Gasteiger partial charge in [-0.3, -0.25) is 0 Å². The Labute approximate surface area is 96.6 Å². The summed E-state index contributed by atoms with van der Waals surface area (Å²) in [5.41, 5.74) is 7.69. The van der Waals surface area contributed by atoms with Gasteiger partial charge >= 0.3 is 0 Å². The second-order valence-electron chi connectivity index (χ2n) is 3.51. The molecule has 0 fully saturated rings. The minimum absolute atomic E-state index is 0.282. The highest BCUT2D eigenvalue weighted by Crippen LogP contribution is 2.38. The zero-order valence-corrected chi connectivity index (χ0v) is 9.50. The molecule has 16 heavy (non-hydrogen) atoms. The number of fused-ring (bicyclic) bond motifs is 1. The van der Waals surface area contributed by atoms with E-state index in [9.17, 15) is 0 Å². The molecule has 4 nitrogen and oxygen atoms in total. The van der Waals surface area contributed by atoms with E-state index in [0.29, 0.717) is 0 Å². The summed E-state index contributed by atoms with van der Waals surface area (Å²) in [7, 11) is 0. The van der Waals surface area contributed by atoms with Crippen molar-refractivity contribution in [3.63, 3.8) is 0 Å². The second kappa shape index (κ2) is 3.38. The Morgan fingerprint density at radius 2 is 2.12 bits per heavy atom. The molecule has 0 amide bonds. The lowest BCUT2D eigenvalue weighted by atomic mass is 10.1. The van der Waals surface area contributed by atoms with Crippen LogP contribution in [0.4, 0.5) is 5.00 Å². The number of benzene rings is 1. The van der Waals surface area contributed by atoms with E-state index in [1.54, 1.807) is 0 Å². The van der Waals surface area contributed by atoms with Gasteiger partial charge in [-0.1, -0.05) is 0 Å². The molecule has 3 rings (SSSR count). The average Bonchev–Trinajstić information content (AvgIpc) is 2.83. The van der Waals surface area contributed by atoms with Crippen molar-refractivity contribution in [3.8, 4) is 22.8 Å². The van der Waals surface area contributed by atoms with Crippen molar-refractivity contribution in [2.45, 2.75) is 6.92 Å². The van der Waals surface area contributed by atoms with Crippen molar-refractivity contribution in [2.75, 3.05) is 12.5 Å². The maximum absolute atomic E-state index is 5.90. The fraction of sp³-hybridized carbons (Fsp3) is 0.182. The third-order valence-electron chi connectivity index (χ3n) is 2.41. The molecule has 0 unspecified atom stereocenters. The van der Waals surface area contributed by atoms with E-state index in [0.717, 1.165) is 32.8 Å². The van der Waals surface area contributed by atoms with Crippen molar-refractivity contribution in [3.05, 3.63) is 23.2 Å². The van der Waals surface area contributed by atoms with Crippen molar-refractivity contribution < 1.29 is 9.47 Å². The van der Waals surface area contributed by atoms with E-state index < -0.39 is 0 Å². The van der Waals surface area contributed by atoms with Gasteiger partial charge in [-0.2, -0.15) is 0 Å². The van der Waals surface area contributed by atoms with Crippen molar-refractivity contribution in [2.24, 2.45) is 0 Å². The molecule has 0 saturated carbocycles. The molecule has 1 aliphatic rings. The average molecular weight is 234 g/mol. The van der Waals surface area contributed by atoms with Gasteiger partial charge in [0.2, 0.25) is 6.79 Å². The number of aryl methyl sites for hydroxylation is 1. The SMILES string of the molecule is Cc1nc(-c2ccc3c(c2)OCO3)c(N)s1. The number of ether oxygens (including phenoxy) is 2. The third kappa shape index (κ3) is 1.40. The second-order valence-corrected chi connectivity index (χ2v) is 4.75. The van der Waals surface area contributed by atoms with E-state index in [4.69, 9.17) is 15.2 Å². The molecule has 0 atom stereocenters. The Bertz CT molecular complexity index is 551. The van der Waals surface area contributed by atoms with E-state index in [2.05, 4.69) is 4.98 Å². The molecule has 0 bridgehead atoms. The molecular formula is C11H10N2O2S. The zero-order chi connectivity index (χ0) is 11.1. The Kier molecular flexibility index (Phi) is 2.00. The highest BCUT2D eigenvalue weighted by molar-refractivity contribution is 7.16. The molecule has 2 heterocycles. The first-order valence-corrected chi connectivity index (χ1v) is 5.68. The van der Waals surface area contributed by atoms with Crippen molar-refractivity contribution >= 4 is 16.3 Å². The van der Waals surface area contributed by atoms with Crippen LogP contribution >= 0.6 is 11.3 Å². The summed E-state index contributed by atoms with van der Waals surface area (Å²) >= 11 is 1.49. The fourth-order valence-electron chi connectivity index (χ4n) is 1.69. The van der Waals surface area contributed by atoms with Crippen molar-refractivity contribution in [1.29, 1.82) is 0 Å². The van der Waals surface area contributed by atoms with Gasteiger partial charge in [0, 0.05) is 5.56 Å². The van der Waals surface area contributed by atoms with Crippen molar-refractivity contribution in [1.82, 2.24) is 4.98 Å². The molecule has 2 aromatic rings. The standard InChI is InChI=1S/C11H10N2O2S/c1-6-13-10(11(12)16-6)7-2-3-8-9(4-7)15-5-14-8/h2-4H,5,12H2,1H3. The molecule has 1 aromatic carbocycles. The molecule has 0 aliphatic carbocycles. The van der Waals surface area contributed by atoms with Gasteiger partial charge < -0.3 is 15.2 Å². The first kappa shape index (κ1) is 9.47. The number of nitrogen functional groups attached to an aromatic ring is 1. The summed E-state index contributed by atoms with van der Waals surface area (Å²) in [5, 5.41) is 1.70. The fourth-order valence-corrected chi connectivity index (χ4v) is 2.41. The largest absolute Gasteiger partial charge is 0.454 e. The van der Waals surface area contributed by atoms with E-state index in [-0.39, 0.29) is 6.79 Å². The minimum Gasteiger partial charge on any atom is -0.454 e. The summed E-state index contributed by atoms with van der Waals surface area (Å²) < 4.78 is 10.6. The lowest BCUT2D eigenvalue weighted by Crippen LogP contribution is -1.92. The predicted octanol–water partition coefficient (Wildman–Crippen LogP) is 2.43. The Morgan fingerprint density at radius 3 is 2.88 bits per heavy atom. The number of rotatable bonds is 1. The summed E-state index contributed by atoms with van der Waals surface area (Å²) in [6.45, 7) is 2.22. The Hall–Kier alpha value is -1.75. The number of aromatic nitrogens is 1. The monoisotopic (exact) mass is 234 g/mol. The molecule has 0 spiro atoms. The number of nitrogens with two attached hydrogens (primary N) is 1. The maximum Gasteiger partial charge on any atom is 0.231 e. The lowest BCUT2D eigenvalue weighted by Gasteiger charge is -2.00. The third-order valence-corrected chi connectivity index (χ3v) is 3.21. The first-order chi connectivity index (χ1) is 7.74. The molecular weight excluding hydrogens is 224 g/mol. The van der Waals surface area contributed by atoms with Gasteiger partial charge in [0.15, 0.2) is 11.5 Å². The van der Waals surface area contributed by atoms with Gasteiger partial charge in [0.25, 0.3) is 0 Å². The van der Waals surface area contributed by atoms with Gasteiger partial charge in [-0.05, 0) is 25.1 Å². The van der Waals surface area contributed by atoms with Crippen LogP contribution in [0, 0.1) is 6.92 Å². The highest BCUT2D eigenvalue weighted by atomic mass is 32.1. The van der Waals surface area contributed by atoms with Crippen LogP contribution in [0.25, 0.3) is 11.3 Å². The molecule has 5 heteroatoms. The molecule has 0 saturated heterocycles. The number of nitrogens with zero attached hydrogens (tertiary/aromatic N) is 1. The van der Waals surface area contributed by atoms with E-state index >= 15 is 0 Å². The predicted molar refractivity (Wildman–Crippen MR) is 62.8 cm³/mol. The quantitative estimate of drug-likeness (QED) is 0.823. The molecule has 1 aromatic heterocycles. The lowest BCUT2D eigenvalue weighted by molar-refractivity contribution is 0.174. The number of hydrogen-bond acceptors (Lipinski definition) is 5. The van der Waals surface area contributed by atoms with Gasteiger partial charge in [-0.15, -0.1) is 11.3 Å². The van der Waals surface area contributed by atoms with Crippen LogP contribution in [0.15, 0.2) is 18.2 Å². The molecule has 0 radical (unpaired) electrons. The van der Waals surface area contributed by atoms with Crippen LogP contribution in [0.3, 0.4) is 0 Å². The molecule has 1 aliphatic heterocycles. The molecule has 2 N–H and O–H groups in total. The smallest absolute Gasteiger partial charge is 0.231 e. The summed E-state index contributed by atoms with van der Waals surface area (Å²) in [6, 6.07) is 5.73. The topological polar surface area (TPSA) is 57.4 Å². The van der Waals surface area contributed by atoms with Crippen LogP contribution in [-0.2, 0) is 0 Å². The number of hydrogen-bond donors (Lipinski definition) is 1. The minimum atomic E-state index is 0.282. The van der Waals surface area contributed by atoms with Crippen LogP contribution in [0.2, 0.25) is 0 Å². The van der Waals surface area contributed by atoms with Gasteiger partial charge in [-0.25, -0.2) is 4.98 Å². The first-order valence-electron chi connectivity index (χ1n) is 4.87. The van der Waals surface area contributed by atoms with Crippen LogP contribution in [-0.4, -0.2) is 11.8 Å². The van der Waals surface area contributed by atoms with E-state index in [1.165, 1.54) is 11.3 Å². The van der Waals surface area contributed by atoms with Gasteiger partial charge in [0.1, 0.15) is 10.7 Å². The van der Waals surface area contributed by atoms with Gasteiger partial charge in [0.05, 0.1) is 5.01 Å². The summed E-state index contributed by atoms with van der Waals surface area (Å²) in [4.78, 5) is 4.40. The number of thiazole rings is 1. The van der Waals surface area contributed by atoms with Crippen LogP contribution < -0.4 is 15.2 Å². The normalized spacial score (nSPS) is 13.1. The number of anilines is 1. The summed E-state index contributed by atoms with van der Waals surface area (Å²) in [5.74, 6) is 1.52. The Morgan fingerprint density at radius 1 is 1.31 bits per heavy atom. The molecule has 82 valence electrons. The van der Waals surface area contributed by atoms with E-state index in [1.807, 2.05) is 25.1 Å². The maximum atomic E-state index is 5.90. The highest BCUT2D eigenvalue weighted by Gasteiger charge is 2.16. The van der Waals surface area contributed by atoms with Crippen LogP contribution in [0.5, 0.6) is 11.5 Å². The summed E-state index contributed by atoms with van der Waals surface area (Å²) in [6.07, 6.45) is 0. The Balaban J connectivity index is 2.10. The zero-order valence-electron chi connectivity index (χ0n) is 8.69.